The van der Waals surface area contributed by atoms with Crippen LogP contribution in [0.15, 0.2) is 30.6 Å². The summed E-state index contributed by atoms with van der Waals surface area (Å²) in [5.41, 5.74) is -0.430. The monoisotopic (exact) mass is 363 g/mol. The fourth-order valence-corrected chi connectivity index (χ4v) is 3.72. The number of likely N-dealkylation sites (tertiary alicyclic amines) is 1. The number of halogens is 3. The molecule has 0 aliphatic carbocycles. The molecule has 0 radical (unpaired) electrons. The van der Waals surface area contributed by atoms with Gasteiger partial charge < -0.3 is 4.90 Å². The zero-order chi connectivity index (χ0) is 18.1. The Kier molecular flexibility index (Phi) is 4.52. The Labute approximate surface area is 149 Å². The van der Waals surface area contributed by atoms with Gasteiger partial charge >= 0.3 is 6.18 Å². The highest BCUT2D eigenvalue weighted by atomic mass is 19.4. The summed E-state index contributed by atoms with van der Waals surface area (Å²) < 4.78 is 40.0. The second kappa shape index (κ2) is 6.83. The van der Waals surface area contributed by atoms with E-state index in [0.29, 0.717) is 30.5 Å². The topological polar surface area (TPSA) is 45.2 Å². The van der Waals surface area contributed by atoms with Crippen molar-refractivity contribution in [2.45, 2.75) is 31.5 Å². The molecule has 4 heterocycles. The average Bonchev–Trinajstić information content (AvgIpc) is 3.33. The van der Waals surface area contributed by atoms with Crippen molar-refractivity contribution in [2.24, 2.45) is 0 Å². The molecule has 0 spiro atoms. The third-order valence-electron chi connectivity index (χ3n) is 5.07. The minimum atomic E-state index is -4.51. The maximum absolute atomic E-state index is 13.3. The Morgan fingerprint density at radius 2 is 1.88 bits per heavy atom. The molecule has 138 valence electrons. The van der Waals surface area contributed by atoms with Crippen LogP contribution < -0.4 is 4.90 Å². The van der Waals surface area contributed by atoms with Crippen LogP contribution in [0, 0.1) is 0 Å². The van der Waals surface area contributed by atoms with Crippen LogP contribution in [-0.4, -0.2) is 52.1 Å². The first-order valence-electron chi connectivity index (χ1n) is 8.86. The molecule has 0 bridgehead atoms. The molecule has 0 saturated carbocycles. The smallest absolute Gasteiger partial charge is 0.355 e. The molecule has 5 nitrogen and oxygen atoms in total. The van der Waals surface area contributed by atoms with E-state index in [0.717, 1.165) is 25.6 Å². The minimum absolute atomic E-state index is 0.0625. The molecule has 0 N–H and O–H groups in total. The van der Waals surface area contributed by atoms with Crippen LogP contribution in [0.5, 0.6) is 0 Å². The lowest BCUT2D eigenvalue weighted by Crippen LogP contribution is -2.35. The third kappa shape index (κ3) is 3.51. The van der Waals surface area contributed by atoms with Gasteiger partial charge in [-0.15, -0.1) is 0 Å². The zero-order valence-electron chi connectivity index (χ0n) is 14.3. The molecule has 0 aromatic carbocycles. The van der Waals surface area contributed by atoms with Crippen LogP contribution in [0.3, 0.4) is 0 Å². The minimum Gasteiger partial charge on any atom is -0.355 e. The number of hydrogen-bond donors (Lipinski definition) is 0. The number of aromatic nitrogens is 3. The molecule has 8 heteroatoms. The Balaban J connectivity index is 1.65. The molecule has 4 rings (SSSR count). The summed E-state index contributed by atoms with van der Waals surface area (Å²) in [4.78, 5) is 16.5. The number of pyridine rings is 1. The fourth-order valence-electron chi connectivity index (χ4n) is 3.72. The van der Waals surface area contributed by atoms with Gasteiger partial charge in [-0.2, -0.15) is 13.2 Å². The maximum Gasteiger partial charge on any atom is 0.433 e. The quantitative estimate of drug-likeness (QED) is 0.838. The highest BCUT2D eigenvalue weighted by Crippen LogP contribution is 2.33. The molecule has 2 aliphatic rings. The molecule has 2 aromatic rings. The summed E-state index contributed by atoms with van der Waals surface area (Å²) in [5.74, 6) is 0.403. The van der Waals surface area contributed by atoms with Crippen molar-refractivity contribution in [1.29, 1.82) is 0 Å². The van der Waals surface area contributed by atoms with E-state index in [1.807, 2.05) is 4.90 Å². The van der Waals surface area contributed by atoms with Gasteiger partial charge in [0.25, 0.3) is 0 Å². The highest BCUT2D eigenvalue weighted by Gasteiger charge is 2.36. The van der Waals surface area contributed by atoms with Crippen LogP contribution >= 0.6 is 0 Å². The predicted molar refractivity (Wildman–Crippen MR) is 91.7 cm³/mol. The van der Waals surface area contributed by atoms with Gasteiger partial charge in [-0.1, -0.05) is 0 Å². The summed E-state index contributed by atoms with van der Waals surface area (Å²) in [6.45, 7) is 3.58. The second-order valence-corrected chi connectivity index (χ2v) is 6.81. The molecule has 2 aliphatic heterocycles. The number of hydrogen-bond acceptors (Lipinski definition) is 5. The summed E-state index contributed by atoms with van der Waals surface area (Å²) >= 11 is 0. The Hall–Kier alpha value is -2.22. The van der Waals surface area contributed by atoms with E-state index in [4.69, 9.17) is 0 Å². The van der Waals surface area contributed by atoms with Gasteiger partial charge in [0.1, 0.15) is 5.82 Å². The number of rotatable bonds is 3. The molecule has 1 atom stereocenters. The van der Waals surface area contributed by atoms with E-state index < -0.39 is 11.9 Å². The van der Waals surface area contributed by atoms with Gasteiger partial charge in [-0.25, -0.2) is 9.97 Å². The maximum atomic E-state index is 13.3. The molecule has 26 heavy (non-hydrogen) atoms. The van der Waals surface area contributed by atoms with Crippen molar-refractivity contribution < 1.29 is 13.2 Å². The standard InChI is InChI=1S/C18H20F3N5/c19-18(20,21)15-10-16(24-17(23-15)13-4-3-6-22-11-13)26-9-5-14(12-26)25-7-1-2-8-25/h3-4,6,10-11,14H,1-2,5,7-9,12H2. The molecule has 1 unspecified atom stereocenters. The summed E-state index contributed by atoms with van der Waals surface area (Å²) in [6, 6.07) is 4.79. The lowest BCUT2D eigenvalue weighted by atomic mass is 10.2. The predicted octanol–water partition coefficient (Wildman–Crippen LogP) is 3.23. The van der Waals surface area contributed by atoms with Crippen molar-refractivity contribution in [3.05, 3.63) is 36.3 Å². The fraction of sp³-hybridized carbons (Fsp3) is 0.500. The molecule has 0 amide bonds. The van der Waals surface area contributed by atoms with Crippen LogP contribution in [0.4, 0.5) is 19.0 Å². The molecular weight excluding hydrogens is 343 g/mol. The lowest BCUT2D eigenvalue weighted by molar-refractivity contribution is -0.141. The molecule has 2 aromatic heterocycles. The Morgan fingerprint density at radius 1 is 1.08 bits per heavy atom. The Morgan fingerprint density at radius 3 is 2.58 bits per heavy atom. The van der Waals surface area contributed by atoms with Gasteiger partial charge in [0.05, 0.1) is 0 Å². The van der Waals surface area contributed by atoms with Gasteiger partial charge in [0, 0.05) is 43.2 Å². The zero-order valence-corrected chi connectivity index (χ0v) is 14.3. The van der Waals surface area contributed by atoms with E-state index in [-0.39, 0.29) is 5.82 Å². The van der Waals surface area contributed by atoms with Gasteiger partial charge in [0.15, 0.2) is 11.5 Å². The van der Waals surface area contributed by atoms with Crippen molar-refractivity contribution in [3.8, 4) is 11.4 Å². The van der Waals surface area contributed by atoms with E-state index in [9.17, 15) is 13.2 Å². The van der Waals surface area contributed by atoms with Crippen molar-refractivity contribution in [3.63, 3.8) is 0 Å². The van der Waals surface area contributed by atoms with Gasteiger partial charge in [-0.3, -0.25) is 9.88 Å². The summed E-state index contributed by atoms with van der Waals surface area (Å²) in [6.07, 6.45) is 1.90. The van der Waals surface area contributed by atoms with Gasteiger partial charge in [-0.05, 0) is 44.5 Å². The normalized spacial score (nSPS) is 21.5. The van der Waals surface area contributed by atoms with E-state index in [1.54, 1.807) is 18.3 Å². The van der Waals surface area contributed by atoms with Crippen LogP contribution in [-0.2, 0) is 6.18 Å². The van der Waals surface area contributed by atoms with Crippen LogP contribution in [0.1, 0.15) is 25.0 Å². The van der Waals surface area contributed by atoms with Crippen LogP contribution in [0.25, 0.3) is 11.4 Å². The average molecular weight is 363 g/mol. The number of anilines is 1. The number of alkyl halides is 3. The van der Waals surface area contributed by atoms with Crippen molar-refractivity contribution in [2.75, 3.05) is 31.1 Å². The first-order valence-corrected chi connectivity index (χ1v) is 8.86. The SMILES string of the molecule is FC(F)(F)c1cc(N2CCC(N3CCCC3)C2)nc(-c2cccnc2)n1. The third-order valence-corrected chi connectivity index (χ3v) is 5.07. The molecule has 2 fully saturated rings. The summed E-state index contributed by atoms with van der Waals surface area (Å²) in [7, 11) is 0. The first kappa shape index (κ1) is 17.2. The number of nitrogens with zero attached hydrogens (tertiary/aromatic N) is 5. The van der Waals surface area contributed by atoms with Crippen molar-refractivity contribution in [1.82, 2.24) is 19.9 Å². The van der Waals surface area contributed by atoms with Crippen LogP contribution in [0.2, 0.25) is 0 Å². The largest absolute Gasteiger partial charge is 0.433 e. The molecular formula is C18H20F3N5. The highest BCUT2D eigenvalue weighted by molar-refractivity contribution is 5.57. The van der Waals surface area contributed by atoms with E-state index in [2.05, 4.69) is 19.9 Å². The first-order chi connectivity index (χ1) is 12.5. The van der Waals surface area contributed by atoms with E-state index in [1.165, 1.54) is 19.0 Å². The lowest BCUT2D eigenvalue weighted by Gasteiger charge is -2.24. The van der Waals surface area contributed by atoms with E-state index >= 15 is 0 Å². The Bertz CT molecular complexity index is 759. The summed E-state index contributed by atoms with van der Waals surface area (Å²) in [5, 5.41) is 0. The second-order valence-electron chi connectivity index (χ2n) is 6.81. The van der Waals surface area contributed by atoms with Crippen molar-refractivity contribution >= 4 is 5.82 Å². The van der Waals surface area contributed by atoms with Gasteiger partial charge in [0.2, 0.25) is 0 Å². The molecule has 2 saturated heterocycles.